The minimum absolute atomic E-state index is 0.292. The normalized spacial score (nSPS) is 13.4. The highest BCUT2D eigenvalue weighted by atomic mass is 79.9. The fraction of sp³-hybridized carbons (Fsp3) is 0.667. The number of rotatable bonds is 6. The largest absolute Gasteiger partial charge is 0.387 e. The van der Waals surface area contributed by atoms with Crippen molar-refractivity contribution in [3.8, 4) is 0 Å². The molecular formula is C12H19BrOS. The lowest BCUT2D eigenvalue weighted by atomic mass is 9.91. The van der Waals surface area contributed by atoms with Gasteiger partial charge in [-0.25, -0.2) is 0 Å². The second kappa shape index (κ2) is 6.66. The van der Waals surface area contributed by atoms with Crippen molar-refractivity contribution in [2.45, 2.75) is 45.6 Å². The molecule has 1 aromatic rings. The van der Waals surface area contributed by atoms with Gasteiger partial charge in [0.05, 0.1) is 6.10 Å². The molecule has 1 aromatic heterocycles. The van der Waals surface area contributed by atoms with Crippen molar-refractivity contribution in [3.05, 3.63) is 20.8 Å². The van der Waals surface area contributed by atoms with Crippen molar-refractivity contribution in [3.63, 3.8) is 0 Å². The summed E-state index contributed by atoms with van der Waals surface area (Å²) < 4.78 is 1.05. The van der Waals surface area contributed by atoms with Gasteiger partial charge >= 0.3 is 0 Å². The van der Waals surface area contributed by atoms with Crippen LogP contribution in [0, 0.1) is 5.92 Å². The van der Waals surface area contributed by atoms with E-state index in [1.54, 1.807) is 11.3 Å². The average Bonchev–Trinajstić information content (AvgIpc) is 2.63. The van der Waals surface area contributed by atoms with Crippen molar-refractivity contribution in [1.82, 2.24) is 0 Å². The maximum atomic E-state index is 10.3. The van der Waals surface area contributed by atoms with E-state index >= 15 is 0 Å². The summed E-state index contributed by atoms with van der Waals surface area (Å²) in [5.74, 6) is 0.412. The molecule has 0 aromatic carbocycles. The fourth-order valence-corrected chi connectivity index (χ4v) is 3.62. The first kappa shape index (κ1) is 13.2. The van der Waals surface area contributed by atoms with Crippen LogP contribution in [-0.2, 0) is 0 Å². The predicted molar refractivity (Wildman–Crippen MR) is 70.3 cm³/mol. The summed E-state index contributed by atoms with van der Waals surface area (Å²) in [7, 11) is 0. The second-order valence-corrected chi connectivity index (χ2v) is 5.72. The van der Waals surface area contributed by atoms with Crippen molar-refractivity contribution < 1.29 is 5.11 Å². The van der Waals surface area contributed by atoms with Gasteiger partial charge in [0.15, 0.2) is 0 Å². The third-order valence-electron chi connectivity index (χ3n) is 2.68. The summed E-state index contributed by atoms with van der Waals surface area (Å²) in [6.45, 7) is 4.36. The molecule has 1 rings (SSSR count). The molecule has 0 amide bonds. The van der Waals surface area contributed by atoms with Crippen LogP contribution in [-0.4, -0.2) is 5.11 Å². The number of thiophene rings is 1. The molecule has 3 heteroatoms. The van der Waals surface area contributed by atoms with E-state index in [0.29, 0.717) is 5.92 Å². The molecule has 1 heterocycles. The van der Waals surface area contributed by atoms with Crippen molar-refractivity contribution in [2.75, 3.05) is 0 Å². The predicted octanol–water partition coefficient (Wildman–Crippen LogP) is 4.76. The maximum Gasteiger partial charge on any atom is 0.0921 e. The average molecular weight is 291 g/mol. The molecule has 86 valence electrons. The van der Waals surface area contributed by atoms with Gasteiger partial charge in [0.25, 0.3) is 0 Å². The molecule has 0 fully saturated rings. The molecule has 0 spiro atoms. The zero-order valence-corrected chi connectivity index (χ0v) is 11.8. The molecule has 0 aliphatic heterocycles. The van der Waals surface area contributed by atoms with Gasteiger partial charge in [-0.1, -0.05) is 26.7 Å². The molecule has 0 bridgehead atoms. The van der Waals surface area contributed by atoms with Crippen molar-refractivity contribution >= 4 is 27.3 Å². The topological polar surface area (TPSA) is 20.2 Å². The highest BCUT2D eigenvalue weighted by Crippen LogP contribution is 2.36. The summed E-state index contributed by atoms with van der Waals surface area (Å²) in [5, 5.41) is 12.3. The van der Waals surface area contributed by atoms with Crippen molar-refractivity contribution in [1.29, 1.82) is 0 Å². The lowest BCUT2D eigenvalue weighted by Gasteiger charge is -2.21. The van der Waals surface area contributed by atoms with Crippen LogP contribution < -0.4 is 0 Å². The Balaban J connectivity index is 2.71. The van der Waals surface area contributed by atoms with Gasteiger partial charge in [0.1, 0.15) is 0 Å². The van der Waals surface area contributed by atoms with Gasteiger partial charge in [-0.05, 0) is 46.1 Å². The Kier molecular flexibility index (Phi) is 5.87. The van der Waals surface area contributed by atoms with E-state index in [0.717, 1.165) is 35.0 Å². The molecular weight excluding hydrogens is 272 g/mol. The standard InChI is InChI=1S/C12H19BrOS/c1-3-5-9(6-4-2)11(14)12-10(13)7-8-15-12/h7-9,11,14H,3-6H2,1-2H3. The van der Waals surface area contributed by atoms with Crippen LogP contribution in [0.25, 0.3) is 0 Å². The van der Waals surface area contributed by atoms with Gasteiger partial charge in [-0.2, -0.15) is 0 Å². The van der Waals surface area contributed by atoms with E-state index in [1.807, 2.05) is 11.4 Å². The summed E-state index contributed by atoms with van der Waals surface area (Å²) in [4.78, 5) is 1.09. The van der Waals surface area contributed by atoms with Crippen LogP contribution in [0.1, 0.15) is 50.5 Å². The Morgan fingerprint density at radius 1 is 1.33 bits per heavy atom. The van der Waals surface area contributed by atoms with E-state index in [2.05, 4.69) is 29.8 Å². The van der Waals surface area contributed by atoms with Gasteiger partial charge in [-0.3, -0.25) is 0 Å². The second-order valence-electron chi connectivity index (χ2n) is 3.92. The van der Waals surface area contributed by atoms with Gasteiger partial charge in [0.2, 0.25) is 0 Å². The smallest absolute Gasteiger partial charge is 0.0921 e. The Hall–Kier alpha value is 0.140. The van der Waals surface area contributed by atoms with E-state index in [-0.39, 0.29) is 6.10 Å². The van der Waals surface area contributed by atoms with E-state index in [4.69, 9.17) is 0 Å². The first-order valence-corrected chi connectivity index (χ1v) is 7.28. The van der Waals surface area contributed by atoms with Crippen LogP contribution in [0.2, 0.25) is 0 Å². The minimum Gasteiger partial charge on any atom is -0.387 e. The molecule has 0 aliphatic carbocycles. The highest BCUT2D eigenvalue weighted by Gasteiger charge is 2.22. The molecule has 1 nitrogen and oxygen atoms in total. The Bertz CT molecular complexity index is 279. The molecule has 1 atom stereocenters. The molecule has 0 saturated heterocycles. The van der Waals surface area contributed by atoms with Crippen molar-refractivity contribution in [2.24, 2.45) is 5.92 Å². The fourth-order valence-electron chi connectivity index (χ4n) is 1.93. The van der Waals surface area contributed by atoms with Crippen LogP contribution in [0.15, 0.2) is 15.9 Å². The molecule has 15 heavy (non-hydrogen) atoms. The zero-order chi connectivity index (χ0) is 11.3. The lowest BCUT2D eigenvalue weighted by Crippen LogP contribution is -2.11. The van der Waals surface area contributed by atoms with E-state index < -0.39 is 0 Å². The molecule has 1 unspecified atom stereocenters. The molecule has 0 aliphatic rings. The quantitative estimate of drug-likeness (QED) is 0.801. The van der Waals surface area contributed by atoms with Crippen LogP contribution in [0.3, 0.4) is 0 Å². The Labute approximate surface area is 105 Å². The monoisotopic (exact) mass is 290 g/mol. The highest BCUT2D eigenvalue weighted by molar-refractivity contribution is 9.10. The number of aliphatic hydroxyl groups excluding tert-OH is 1. The number of hydrogen-bond acceptors (Lipinski definition) is 2. The number of aliphatic hydroxyl groups is 1. The van der Waals surface area contributed by atoms with Gasteiger partial charge in [0, 0.05) is 9.35 Å². The van der Waals surface area contributed by atoms with Crippen LogP contribution in [0.4, 0.5) is 0 Å². The zero-order valence-electron chi connectivity index (χ0n) is 9.37. The van der Waals surface area contributed by atoms with Crippen LogP contribution in [0.5, 0.6) is 0 Å². The van der Waals surface area contributed by atoms with Gasteiger partial charge in [-0.15, -0.1) is 11.3 Å². The first-order chi connectivity index (χ1) is 7.20. The molecule has 0 radical (unpaired) electrons. The van der Waals surface area contributed by atoms with Gasteiger partial charge < -0.3 is 5.11 Å². The van der Waals surface area contributed by atoms with E-state index in [9.17, 15) is 5.11 Å². The summed E-state index contributed by atoms with van der Waals surface area (Å²) in [6, 6.07) is 2.01. The molecule has 1 N–H and O–H groups in total. The third-order valence-corrected chi connectivity index (χ3v) is 4.62. The maximum absolute atomic E-state index is 10.3. The Morgan fingerprint density at radius 2 is 1.93 bits per heavy atom. The summed E-state index contributed by atoms with van der Waals surface area (Å²) in [6.07, 6.45) is 4.22. The number of halogens is 1. The molecule has 0 saturated carbocycles. The Morgan fingerprint density at radius 3 is 2.33 bits per heavy atom. The van der Waals surface area contributed by atoms with Crippen LogP contribution >= 0.6 is 27.3 Å². The summed E-state index contributed by atoms with van der Waals surface area (Å²) in [5.41, 5.74) is 0. The third kappa shape index (κ3) is 3.58. The summed E-state index contributed by atoms with van der Waals surface area (Å²) >= 11 is 5.13. The van der Waals surface area contributed by atoms with E-state index in [1.165, 1.54) is 0 Å². The SMILES string of the molecule is CCCC(CCC)C(O)c1sccc1Br. The first-order valence-electron chi connectivity index (χ1n) is 5.61. The minimum atomic E-state index is -0.292. The lowest BCUT2D eigenvalue weighted by molar-refractivity contribution is 0.0991. The number of hydrogen-bond donors (Lipinski definition) is 1.